The Balaban J connectivity index is 3.02. The van der Waals surface area contributed by atoms with Gasteiger partial charge in [-0.05, 0) is 18.9 Å². The van der Waals surface area contributed by atoms with Crippen LogP contribution in [-0.2, 0) is 4.79 Å². The first-order valence-corrected chi connectivity index (χ1v) is 5.69. The molecule has 0 heterocycles. The van der Waals surface area contributed by atoms with Gasteiger partial charge in [0, 0.05) is 18.2 Å². The number of nitro benzene ring substituents is 1. The average molecular weight is 252 g/mol. The van der Waals surface area contributed by atoms with Gasteiger partial charge in [-0.15, -0.1) is 0 Å². The lowest BCUT2D eigenvalue weighted by molar-refractivity contribution is -0.384. The predicted octanol–water partition coefficient (Wildman–Crippen LogP) is 2.11. The van der Waals surface area contributed by atoms with Gasteiger partial charge in [0.1, 0.15) is 6.04 Å². The maximum Gasteiger partial charge on any atom is 0.325 e. The highest BCUT2D eigenvalue weighted by molar-refractivity contribution is 5.75. The van der Waals surface area contributed by atoms with Crippen molar-refractivity contribution in [2.45, 2.75) is 32.4 Å². The van der Waals surface area contributed by atoms with Crippen LogP contribution >= 0.6 is 0 Å². The number of aliphatic carboxylic acids is 1. The molecule has 0 aromatic heterocycles. The van der Waals surface area contributed by atoms with Gasteiger partial charge in [-0.1, -0.05) is 19.1 Å². The van der Waals surface area contributed by atoms with Crippen molar-refractivity contribution in [3.63, 3.8) is 0 Å². The van der Waals surface area contributed by atoms with Crippen molar-refractivity contribution in [3.05, 3.63) is 39.9 Å². The molecular formula is C12H16N2O4. The third kappa shape index (κ3) is 3.53. The molecule has 2 N–H and O–H groups in total. The maximum atomic E-state index is 11.2. The lowest BCUT2D eigenvalue weighted by Crippen LogP contribution is -2.34. The second-order valence-corrected chi connectivity index (χ2v) is 4.10. The van der Waals surface area contributed by atoms with Crippen molar-refractivity contribution in [2.24, 2.45) is 0 Å². The summed E-state index contributed by atoms with van der Waals surface area (Å²) in [4.78, 5) is 21.3. The van der Waals surface area contributed by atoms with E-state index < -0.39 is 16.9 Å². The van der Waals surface area contributed by atoms with Crippen LogP contribution in [0.1, 0.15) is 31.9 Å². The van der Waals surface area contributed by atoms with Crippen molar-refractivity contribution in [2.75, 3.05) is 0 Å². The molecule has 0 saturated heterocycles. The number of nitrogens with zero attached hydrogens (tertiary/aromatic N) is 1. The zero-order valence-electron chi connectivity index (χ0n) is 10.3. The largest absolute Gasteiger partial charge is 0.480 e. The highest BCUT2D eigenvalue weighted by Gasteiger charge is 2.22. The Hall–Kier alpha value is -1.95. The molecule has 0 amide bonds. The topological polar surface area (TPSA) is 92.5 Å². The van der Waals surface area contributed by atoms with E-state index in [1.54, 1.807) is 6.07 Å². The summed E-state index contributed by atoms with van der Waals surface area (Å²) in [5.41, 5.74) is 0.279. The number of carboxylic acids is 1. The van der Waals surface area contributed by atoms with Crippen LogP contribution in [0.2, 0.25) is 0 Å². The van der Waals surface area contributed by atoms with Gasteiger partial charge in [-0.2, -0.15) is 0 Å². The molecule has 0 aliphatic carbocycles. The first-order valence-electron chi connectivity index (χ1n) is 5.69. The van der Waals surface area contributed by atoms with Crippen LogP contribution in [0.25, 0.3) is 0 Å². The molecule has 6 heteroatoms. The van der Waals surface area contributed by atoms with Crippen molar-refractivity contribution >= 4 is 11.7 Å². The molecule has 0 radical (unpaired) electrons. The molecule has 0 fully saturated rings. The fourth-order valence-electron chi connectivity index (χ4n) is 1.53. The molecule has 0 aliphatic rings. The fraction of sp³-hybridized carbons (Fsp3) is 0.417. The average Bonchev–Trinajstić information content (AvgIpc) is 2.35. The molecule has 2 atom stereocenters. The highest BCUT2D eigenvalue weighted by atomic mass is 16.6. The summed E-state index contributed by atoms with van der Waals surface area (Å²) in [7, 11) is 0. The monoisotopic (exact) mass is 252 g/mol. The van der Waals surface area contributed by atoms with E-state index in [9.17, 15) is 14.9 Å². The molecule has 1 aromatic rings. The van der Waals surface area contributed by atoms with Gasteiger partial charge < -0.3 is 5.11 Å². The summed E-state index contributed by atoms with van der Waals surface area (Å²) in [6, 6.07) is 4.77. The summed E-state index contributed by atoms with van der Waals surface area (Å²) in [6.45, 7) is 3.80. The van der Waals surface area contributed by atoms with Gasteiger partial charge in [-0.3, -0.25) is 20.2 Å². The van der Waals surface area contributed by atoms with Crippen molar-refractivity contribution < 1.29 is 14.8 Å². The van der Waals surface area contributed by atoms with Gasteiger partial charge in [0.15, 0.2) is 0 Å². The minimum Gasteiger partial charge on any atom is -0.480 e. The van der Waals surface area contributed by atoms with E-state index in [1.807, 2.05) is 13.8 Å². The van der Waals surface area contributed by atoms with Crippen LogP contribution in [-0.4, -0.2) is 22.0 Å². The number of non-ortho nitro benzene ring substituents is 1. The standard InChI is InChI=1S/C12H16N2O4/c1-3-8(2)13-11(12(15)16)9-5-4-6-10(7-9)14(17)18/h4-8,11,13H,3H2,1-2H3,(H,15,16). The second-order valence-electron chi connectivity index (χ2n) is 4.10. The second kappa shape index (κ2) is 6.11. The first-order chi connectivity index (χ1) is 8.45. The van der Waals surface area contributed by atoms with Crippen LogP contribution in [0.15, 0.2) is 24.3 Å². The fourth-order valence-corrected chi connectivity index (χ4v) is 1.53. The Labute approximate surface area is 105 Å². The lowest BCUT2D eigenvalue weighted by Gasteiger charge is -2.19. The Bertz CT molecular complexity index is 447. The van der Waals surface area contributed by atoms with Crippen LogP contribution in [0, 0.1) is 10.1 Å². The summed E-state index contributed by atoms with van der Waals surface area (Å²) in [6.07, 6.45) is 0.776. The minimum absolute atomic E-state index is 0.0189. The van der Waals surface area contributed by atoms with Crippen LogP contribution < -0.4 is 5.32 Å². The molecule has 1 rings (SSSR count). The Morgan fingerprint density at radius 2 is 2.22 bits per heavy atom. The maximum absolute atomic E-state index is 11.2. The summed E-state index contributed by atoms with van der Waals surface area (Å²) in [5, 5.41) is 22.8. The van der Waals surface area contributed by atoms with E-state index in [-0.39, 0.29) is 11.7 Å². The van der Waals surface area contributed by atoms with Crippen molar-refractivity contribution in [1.82, 2.24) is 5.32 Å². The number of benzene rings is 1. The van der Waals surface area contributed by atoms with Gasteiger partial charge in [0.05, 0.1) is 4.92 Å². The molecule has 0 spiro atoms. The Morgan fingerprint density at radius 1 is 1.56 bits per heavy atom. The van der Waals surface area contributed by atoms with E-state index in [0.29, 0.717) is 5.56 Å². The van der Waals surface area contributed by atoms with Crippen LogP contribution in [0.3, 0.4) is 0 Å². The molecule has 0 aliphatic heterocycles. The number of carbonyl (C=O) groups is 1. The normalized spacial score (nSPS) is 13.9. The van der Waals surface area contributed by atoms with E-state index >= 15 is 0 Å². The molecule has 0 bridgehead atoms. The quantitative estimate of drug-likeness (QED) is 0.597. The zero-order chi connectivity index (χ0) is 13.7. The SMILES string of the molecule is CCC(C)NC(C(=O)O)c1cccc([N+](=O)[O-])c1. The third-order valence-electron chi connectivity index (χ3n) is 2.72. The van der Waals surface area contributed by atoms with Gasteiger partial charge in [0.2, 0.25) is 0 Å². The van der Waals surface area contributed by atoms with E-state index in [2.05, 4.69) is 5.32 Å². The van der Waals surface area contributed by atoms with Gasteiger partial charge in [0.25, 0.3) is 5.69 Å². The van der Waals surface area contributed by atoms with Crippen molar-refractivity contribution in [1.29, 1.82) is 0 Å². The minimum atomic E-state index is -1.05. The smallest absolute Gasteiger partial charge is 0.325 e. The number of hydrogen-bond acceptors (Lipinski definition) is 4. The number of nitro groups is 1. The van der Waals surface area contributed by atoms with E-state index in [0.717, 1.165) is 6.42 Å². The molecule has 18 heavy (non-hydrogen) atoms. The van der Waals surface area contributed by atoms with Crippen molar-refractivity contribution in [3.8, 4) is 0 Å². The molecule has 0 saturated carbocycles. The Morgan fingerprint density at radius 3 is 2.72 bits per heavy atom. The highest BCUT2D eigenvalue weighted by Crippen LogP contribution is 2.20. The molecule has 98 valence electrons. The molecule has 1 aromatic carbocycles. The molecule has 2 unspecified atom stereocenters. The summed E-state index contributed by atoms with van der Waals surface area (Å²) < 4.78 is 0. The van der Waals surface area contributed by atoms with Gasteiger partial charge >= 0.3 is 5.97 Å². The number of carboxylic acid groups (broad SMARTS) is 1. The number of hydrogen-bond donors (Lipinski definition) is 2. The predicted molar refractivity (Wildman–Crippen MR) is 66.4 cm³/mol. The summed E-state index contributed by atoms with van der Waals surface area (Å²) in [5.74, 6) is -1.05. The van der Waals surface area contributed by atoms with Gasteiger partial charge in [-0.25, -0.2) is 0 Å². The number of nitrogens with one attached hydrogen (secondary N) is 1. The van der Waals surface area contributed by atoms with Crippen LogP contribution in [0.5, 0.6) is 0 Å². The first kappa shape index (κ1) is 14.1. The van der Waals surface area contributed by atoms with Crippen LogP contribution in [0.4, 0.5) is 5.69 Å². The number of rotatable bonds is 6. The van der Waals surface area contributed by atoms with E-state index in [1.165, 1.54) is 18.2 Å². The molecular weight excluding hydrogens is 236 g/mol. The Kier molecular flexibility index (Phi) is 4.79. The molecule has 6 nitrogen and oxygen atoms in total. The third-order valence-corrected chi connectivity index (χ3v) is 2.72. The summed E-state index contributed by atoms with van der Waals surface area (Å²) >= 11 is 0. The lowest BCUT2D eigenvalue weighted by atomic mass is 10.0. The zero-order valence-corrected chi connectivity index (χ0v) is 10.3. The van der Waals surface area contributed by atoms with E-state index in [4.69, 9.17) is 5.11 Å².